The number of imidazole rings is 1. The van der Waals surface area contributed by atoms with Gasteiger partial charge in [0, 0.05) is 6.92 Å². The number of hydrogen-bond acceptors (Lipinski definition) is 9. The Hall–Kier alpha value is -2.30. The molecule has 0 saturated carbocycles. The molecule has 2 aromatic heterocycles. The van der Waals surface area contributed by atoms with Gasteiger partial charge in [-0.1, -0.05) is 0 Å². The maximum atomic E-state index is 10.9. The second-order valence-corrected chi connectivity index (χ2v) is 4.72. The molecule has 3 atom stereocenters. The largest absolute Gasteiger partial charge is 0.457 e. The minimum Gasteiger partial charge on any atom is -0.457 e. The second-order valence-electron chi connectivity index (χ2n) is 4.72. The van der Waals surface area contributed by atoms with Crippen LogP contribution < -0.4 is 5.73 Å². The molecule has 0 spiro atoms. The zero-order chi connectivity index (χ0) is 16.3. The van der Waals surface area contributed by atoms with E-state index in [0.29, 0.717) is 11.2 Å². The number of aliphatic hydroxyl groups excluding tert-OH is 3. The van der Waals surface area contributed by atoms with E-state index in [9.17, 15) is 15.0 Å². The van der Waals surface area contributed by atoms with Crippen molar-refractivity contribution in [3.05, 3.63) is 12.7 Å². The third kappa shape index (κ3) is 3.30. The van der Waals surface area contributed by atoms with Crippen LogP contribution in [0.25, 0.3) is 11.2 Å². The molecular formula is C12H17N5O5. The van der Waals surface area contributed by atoms with Crippen LogP contribution in [0.4, 0.5) is 5.82 Å². The van der Waals surface area contributed by atoms with E-state index in [1.54, 1.807) is 0 Å². The Bertz CT molecular complexity index is 660. The zero-order valence-corrected chi connectivity index (χ0v) is 11.8. The maximum Gasteiger partial charge on any atom is 0.303 e. The van der Waals surface area contributed by atoms with Crippen molar-refractivity contribution in [3.63, 3.8) is 0 Å². The standard InChI is InChI=1S/C12H17N5O5/c1-6(19)22-8(3-18)10(21)7(20)2-17-5-16-9-11(13)14-4-15-12(9)17/h4-5,7-8,10,18,20-21H,2-3H2,1H3,(H2,13,14,15)/t7?,8-,10+/m0/s1. The average molecular weight is 311 g/mol. The van der Waals surface area contributed by atoms with Crippen molar-refractivity contribution in [2.75, 3.05) is 12.3 Å². The van der Waals surface area contributed by atoms with Gasteiger partial charge in [-0.3, -0.25) is 4.79 Å². The molecule has 2 aromatic rings. The van der Waals surface area contributed by atoms with Crippen LogP contribution in [-0.2, 0) is 16.1 Å². The summed E-state index contributed by atoms with van der Waals surface area (Å²) in [5.41, 5.74) is 6.43. The Labute approximate surface area is 125 Å². The van der Waals surface area contributed by atoms with Gasteiger partial charge in [-0.25, -0.2) is 15.0 Å². The van der Waals surface area contributed by atoms with Crippen LogP contribution in [0.2, 0.25) is 0 Å². The zero-order valence-electron chi connectivity index (χ0n) is 11.8. The molecule has 0 bridgehead atoms. The van der Waals surface area contributed by atoms with Gasteiger partial charge in [0.05, 0.1) is 19.5 Å². The number of aromatic nitrogens is 4. The lowest BCUT2D eigenvalue weighted by Crippen LogP contribution is -2.43. The predicted octanol–water partition coefficient (Wildman–Crippen LogP) is -1.95. The fourth-order valence-corrected chi connectivity index (χ4v) is 2.02. The van der Waals surface area contributed by atoms with E-state index in [1.165, 1.54) is 17.2 Å². The minimum atomic E-state index is -1.47. The molecule has 0 aliphatic carbocycles. The molecule has 10 heteroatoms. The Morgan fingerprint density at radius 3 is 2.77 bits per heavy atom. The smallest absolute Gasteiger partial charge is 0.303 e. The van der Waals surface area contributed by atoms with E-state index in [2.05, 4.69) is 15.0 Å². The topological polar surface area (TPSA) is 157 Å². The molecule has 2 heterocycles. The predicted molar refractivity (Wildman–Crippen MR) is 74.4 cm³/mol. The number of nitrogen functional groups attached to an aromatic ring is 1. The van der Waals surface area contributed by atoms with Crippen LogP contribution in [0, 0.1) is 0 Å². The summed E-state index contributed by atoms with van der Waals surface area (Å²) in [4.78, 5) is 22.7. The first-order chi connectivity index (χ1) is 10.4. The number of nitrogens with two attached hydrogens (primary N) is 1. The highest BCUT2D eigenvalue weighted by molar-refractivity contribution is 5.81. The molecule has 10 nitrogen and oxygen atoms in total. The summed E-state index contributed by atoms with van der Waals surface area (Å²) in [5.74, 6) is -0.467. The van der Waals surface area contributed by atoms with Gasteiger partial charge >= 0.3 is 5.97 Å². The highest BCUT2D eigenvalue weighted by Gasteiger charge is 2.29. The van der Waals surface area contributed by atoms with Gasteiger partial charge in [-0.15, -0.1) is 0 Å². The molecule has 0 radical (unpaired) electrons. The van der Waals surface area contributed by atoms with E-state index >= 15 is 0 Å². The Morgan fingerprint density at radius 2 is 2.14 bits per heavy atom. The van der Waals surface area contributed by atoms with Crippen LogP contribution in [0.15, 0.2) is 12.7 Å². The second kappa shape index (κ2) is 6.64. The fraction of sp³-hybridized carbons (Fsp3) is 0.500. The Kier molecular flexibility index (Phi) is 4.85. The van der Waals surface area contributed by atoms with Crippen molar-refractivity contribution in [2.45, 2.75) is 31.8 Å². The fourth-order valence-electron chi connectivity index (χ4n) is 2.02. The number of nitrogens with zero attached hydrogens (tertiary/aromatic N) is 4. The van der Waals surface area contributed by atoms with Crippen LogP contribution >= 0.6 is 0 Å². The summed E-state index contributed by atoms with van der Waals surface area (Å²) in [7, 11) is 0. The van der Waals surface area contributed by atoms with Gasteiger partial charge in [-0.05, 0) is 0 Å². The first-order valence-electron chi connectivity index (χ1n) is 6.49. The van der Waals surface area contributed by atoms with Gasteiger partial charge in [-0.2, -0.15) is 0 Å². The molecule has 22 heavy (non-hydrogen) atoms. The monoisotopic (exact) mass is 311 g/mol. The van der Waals surface area contributed by atoms with E-state index in [0.717, 1.165) is 6.92 Å². The highest BCUT2D eigenvalue weighted by Crippen LogP contribution is 2.16. The molecule has 0 aliphatic heterocycles. The first kappa shape index (κ1) is 16.1. The number of carbonyl (C=O) groups is 1. The maximum absolute atomic E-state index is 10.9. The van der Waals surface area contributed by atoms with Crippen molar-refractivity contribution >= 4 is 23.0 Å². The third-order valence-corrected chi connectivity index (χ3v) is 3.09. The lowest BCUT2D eigenvalue weighted by Gasteiger charge is -2.25. The molecule has 0 fully saturated rings. The van der Waals surface area contributed by atoms with E-state index in [-0.39, 0.29) is 12.4 Å². The number of fused-ring (bicyclic) bond motifs is 1. The first-order valence-corrected chi connectivity index (χ1v) is 6.49. The van der Waals surface area contributed by atoms with E-state index in [1.807, 2.05) is 0 Å². The molecule has 5 N–H and O–H groups in total. The van der Waals surface area contributed by atoms with Crippen molar-refractivity contribution < 1.29 is 24.9 Å². The van der Waals surface area contributed by atoms with Gasteiger partial charge in [0.1, 0.15) is 24.1 Å². The van der Waals surface area contributed by atoms with Crippen LogP contribution in [0.1, 0.15) is 6.92 Å². The lowest BCUT2D eigenvalue weighted by molar-refractivity contribution is -0.161. The minimum absolute atomic E-state index is 0.0775. The highest BCUT2D eigenvalue weighted by atomic mass is 16.6. The molecule has 0 amide bonds. The van der Waals surface area contributed by atoms with Gasteiger partial charge in [0.2, 0.25) is 0 Å². The van der Waals surface area contributed by atoms with Crippen molar-refractivity contribution in [1.82, 2.24) is 19.5 Å². The molecule has 0 saturated heterocycles. The number of hydrogen-bond donors (Lipinski definition) is 4. The Morgan fingerprint density at radius 1 is 1.41 bits per heavy atom. The molecule has 120 valence electrons. The molecule has 2 rings (SSSR count). The molecule has 0 aromatic carbocycles. The van der Waals surface area contributed by atoms with Crippen molar-refractivity contribution in [2.24, 2.45) is 0 Å². The summed E-state index contributed by atoms with van der Waals surface area (Å²) in [5, 5.41) is 29.2. The molecule has 0 aliphatic rings. The number of ether oxygens (including phenoxy) is 1. The van der Waals surface area contributed by atoms with Crippen LogP contribution in [-0.4, -0.2) is 65.7 Å². The number of esters is 1. The molecular weight excluding hydrogens is 294 g/mol. The number of rotatable bonds is 6. The Balaban J connectivity index is 2.14. The summed E-state index contributed by atoms with van der Waals surface area (Å²) in [6, 6.07) is 0. The van der Waals surface area contributed by atoms with Gasteiger partial charge in [0.15, 0.2) is 17.6 Å². The van der Waals surface area contributed by atoms with Gasteiger partial charge in [0.25, 0.3) is 0 Å². The quantitative estimate of drug-likeness (QED) is 0.445. The SMILES string of the molecule is CC(=O)O[C@@H](CO)[C@H](O)C(O)Cn1cnc2c(N)ncnc21. The molecule has 1 unspecified atom stereocenters. The average Bonchev–Trinajstić information content (AvgIpc) is 2.88. The number of anilines is 1. The number of aliphatic hydroxyl groups is 3. The number of carbonyl (C=O) groups excluding carboxylic acids is 1. The summed E-state index contributed by atoms with van der Waals surface area (Å²) in [6.45, 7) is 0.453. The van der Waals surface area contributed by atoms with E-state index < -0.39 is 30.9 Å². The van der Waals surface area contributed by atoms with Gasteiger partial charge < -0.3 is 30.4 Å². The summed E-state index contributed by atoms with van der Waals surface area (Å²) >= 11 is 0. The van der Waals surface area contributed by atoms with E-state index in [4.69, 9.17) is 15.6 Å². The van der Waals surface area contributed by atoms with Crippen LogP contribution in [0.3, 0.4) is 0 Å². The third-order valence-electron chi connectivity index (χ3n) is 3.09. The van der Waals surface area contributed by atoms with Crippen molar-refractivity contribution in [1.29, 1.82) is 0 Å². The lowest BCUT2D eigenvalue weighted by atomic mass is 10.1. The summed E-state index contributed by atoms with van der Waals surface area (Å²) < 4.78 is 6.21. The van der Waals surface area contributed by atoms with Crippen molar-refractivity contribution in [3.8, 4) is 0 Å². The normalized spacial score (nSPS) is 15.5. The van der Waals surface area contributed by atoms with Crippen LogP contribution in [0.5, 0.6) is 0 Å². The summed E-state index contributed by atoms with van der Waals surface area (Å²) in [6.07, 6.45) is -1.35.